The van der Waals surface area contributed by atoms with Crippen molar-refractivity contribution in [3.05, 3.63) is 52.1 Å². The molecular formula is C14H11Cl2N5. The van der Waals surface area contributed by atoms with Crippen molar-refractivity contribution in [3.63, 3.8) is 0 Å². The van der Waals surface area contributed by atoms with E-state index in [0.29, 0.717) is 27.4 Å². The summed E-state index contributed by atoms with van der Waals surface area (Å²) in [6.07, 6.45) is 0. The second kappa shape index (κ2) is 5.35. The Balaban J connectivity index is 1.99. The summed E-state index contributed by atoms with van der Waals surface area (Å²) >= 11 is 12.0. The molecule has 0 aliphatic carbocycles. The van der Waals surface area contributed by atoms with Gasteiger partial charge in [0.05, 0.1) is 16.4 Å². The molecule has 0 atom stereocenters. The first-order valence-electron chi connectivity index (χ1n) is 6.16. The van der Waals surface area contributed by atoms with Gasteiger partial charge in [-0.05, 0) is 37.3 Å². The second-order valence-electron chi connectivity index (χ2n) is 4.52. The number of aryl methyl sites for hydroxylation is 1. The average Bonchev–Trinajstić information content (AvgIpc) is 2.78. The Morgan fingerprint density at radius 2 is 1.86 bits per heavy atom. The van der Waals surface area contributed by atoms with Crippen LogP contribution in [0, 0.1) is 6.92 Å². The van der Waals surface area contributed by atoms with Crippen LogP contribution in [0.25, 0.3) is 17.1 Å². The topological polar surface area (TPSA) is 69.6 Å². The quantitative estimate of drug-likeness (QED) is 0.784. The number of rotatable bonds is 2. The largest absolute Gasteiger partial charge is 0.384 e. The number of nitrogen functional groups attached to an aromatic ring is 1. The first-order chi connectivity index (χ1) is 10.0. The van der Waals surface area contributed by atoms with Gasteiger partial charge in [0, 0.05) is 16.7 Å². The van der Waals surface area contributed by atoms with Crippen molar-refractivity contribution < 1.29 is 0 Å². The molecule has 106 valence electrons. The predicted molar refractivity (Wildman–Crippen MR) is 83.8 cm³/mol. The summed E-state index contributed by atoms with van der Waals surface area (Å²) in [7, 11) is 0. The Morgan fingerprint density at radius 3 is 2.43 bits per heavy atom. The Morgan fingerprint density at radius 1 is 1.05 bits per heavy atom. The van der Waals surface area contributed by atoms with Gasteiger partial charge in [0.2, 0.25) is 0 Å². The number of hydrogen-bond acceptors (Lipinski definition) is 4. The fraction of sp³-hybridized carbons (Fsp3) is 0.0714. The molecule has 0 unspecified atom stereocenters. The Hall–Kier alpha value is -2.11. The molecule has 2 heterocycles. The molecule has 0 aliphatic rings. The van der Waals surface area contributed by atoms with Gasteiger partial charge < -0.3 is 5.73 Å². The van der Waals surface area contributed by atoms with Gasteiger partial charge in [0.25, 0.3) is 0 Å². The van der Waals surface area contributed by atoms with Crippen molar-refractivity contribution in [2.45, 2.75) is 6.92 Å². The maximum Gasteiger partial charge on any atom is 0.178 e. The van der Waals surface area contributed by atoms with Gasteiger partial charge in [-0.3, -0.25) is 0 Å². The lowest BCUT2D eigenvalue weighted by Crippen LogP contribution is -2.05. The van der Waals surface area contributed by atoms with E-state index < -0.39 is 0 Å². The smallest absolute Gasteiger partial charge is 0.178 e. The fourth-order valence-corrected chi connectivity index (χ4v) is 2.49. The van der Waals surface area contributed by atoms with Crippen LogP contribution in [0.4, 0.5) is 5.82 Å². The number of nitrogens with zero attached hydrogens (tertiary/aromatic N) is 4. The third kappa shape index (κ3) is 2.70. The van der Waals surface area contributed by atoms with Crippen LogP contribution in [0.1, 0.15) is 5.69 Å². The fourth-order valence-electron chi connectivity index (χ4n) is 1.98. The van der Waals surface area contributed by atoms with E-state index in [0.717, 1.165) is 11.3 Å². The molecule has 0 radical (unpaired) electrons. The molecule has 0 spiro atoms. The molecule has 0 saturated heterocycles. The molecule has 0 bridgehead atoms. The second-order valence-corrected chi connectivity index (χ2v) is 5.37. The number of benzene rings is 1. The molecule has 2 aromatic heterocycles. The van der Waals surface area contributed by atoms with Crippen molar-refractivity contribution in [2.75, 3.05) is 5.73 Å². The van der Waals surface area contributed by atoms with Gasteiger partial charge in [-0.1, -0.05) is 23.2 Å². The summed E-state index contributed by atoms with van der Waals surface area (Å²) in [5.74, 6) is 1.06. The zero-order valence-electron chi connectivity index (χ0n) is 11.1. The summed E-state index contributed by atoms with van der Waals surface area (Å²) in [5.41, 5.74) is 8.10. The average molecular weight is 320 g/mol. The first kappa shape index (κ1) is 13.9. The van der Waals surface area contributed by atoms with Crippen LogP contribution in [0.2, 0.25) is 10.0 Å². The molecular weight excluding hydrogens is 309 g/mol. The molecule has 3 aromatic rings. The highest BCUT2D eigenvalue weighted by Crippen LogP contribution is 2.28. The van der Waals surface area contributed by atoms with Crippen LogP contribution in [0.15, 0.2) is 36.4 Å². The molecule has 0 aliphatic heterocycles. The zero-order valence-corrected chi connectivity index (χ0v) is 12.6. The molecule has 3 rings (SSSR count). The third-order valence-corrected chi connectivity index (χ3v) is 3.48. The van der Waals surface area contributed by atoms with Crippen LogP contribution in [-0.4, -0.2) is 20.0 Å². The van der Waals surface area contributed by atoms with Gasteiger partial charge >= 0.3 is 0 Å². The zero-order chi connectivity index (χ0) is 15.0. The Kier molecular flexibility index (Phi) is 3.53. The third-order valence-electron chi connectivity index (χ3n) is 2.93. The number of hydrogen-bond donors (Lipinski definition) is 1. The van der Waals surface area contributed by atoms with Crippen LogP contribution in [0.3, 0.4) is 0 Å². The number of anilines is 1. The van der Waals surface area contributed by atoms with E-state index in [9.17, 15) is 0 Å². The minimum Gasteiger partial charge on any atom is -0.384 e. The monoisotopic (exact) mass is 319 g/mol. The van der Waals surface area contributed by atoms with E-state index in [2.05, 4.69) is 15.3 Å². The Labute approximate surface area is 131 Å². The van der Waals surface area contributed by atoms with E-state index >= 15 is 0 Å². The summed E-state index contributed by atoms with van der Waals surface area (Å²) in [6.45, 7) is 1.86. The standard InChI is InChI=1S/C14H11Cl2N5/c1-8-6-13(17)21(20-8)14-5-4-12(18-19-14)10-3-2-9(15)7-11(10)16/h2-7H,17H2,1H3. The van der Waals surface area contributed by atoms with Crippen molar-refractivity contribution in [1.29, 1.82) is 0 Å². The van der Waals surface area contributed by atoms with E-state index in [1.165, 1.54) is 4.68 Å². The maximum absolute atomic E-state index is 6.16. The molecule has 0 amide bonds. The summed E-state index contributed by atoms with van der Waals surface area (Å²) in [6, 6.07) is 10.6. The molecule has 2 N–H and O–H groups in total. The lowest BCUT2D eigenvalue weighted by molar-refractivity contribution is 0.813. The van der Waals surface area contributed by atoms with Crippen molar-refractivity contribution in [3.8, 4) is 17.1 Å². The number of aromatic nitrogens is 4. The summed E-state index contributed by atoms with van der Waals surface area (Å²) < 4.78 is 1.54. The number of nitrogens with two attached hydrogens (primary N) is 1. The normalized spacial score (nSPS) is 10.8. The van der Waals surface area contributed by atoms with E-state index in [1.54, 1.807) is 30.3 Å². The van der Waals surface area contributed by atoms with E-state index in [4.69, 9.17) is 28.9 Å². The van der Waals surface area contributed by atoms with Crippen molar-refractivity contribution >= 4 is 29.0 Å². The maximum atomic E-state index is 6.16. The highest BCUT2D eigenvalue weighted by molar-refractivity contribution is 6.36. The van der Waals surface area contributed by atoms with Crippen LogP contribution in [0.5, 0.6) is 0 Å². The van der Waals surface area contributed by atoms with Crippen LogP contribution in [-0.2, 0) is 0 Å². The minimum atomic E-state index is 0.513. The SMILES string of the molecule is Cc1cc(N)n(-c2ccc(-c3ccc(Cl)cc3Cl)nn2)n1. The molecule has 0 fully saturated rings. The molecule has 7 heteroatoms. The Bertz CT molecular complexity index is 796. The van der Waals surface area contributed by atoms with Gasteiger partial charge in [0.1, 0.15) is 5.82 Å². The first-order valence-corrected chi connectivity index (χ1v) is 6.92. The van der Waals surface area contributed by atoms with Gasteiger partial charge in [-0.25, -0.2) is 0 Å². The van der Waals surface area contributed by atoms with Gasteiger partial charge in [-0.2, -0.15) is 9.78 Å². The highest BCUT2D eigenvalue weighted by Gasteiger charge is 2.09. The number of halogens is 2. The van der Waals surface area contributed by atoms with Gasteiger partial charge in [-0.15, -0.1) is 10.2 Å². The van der Waals surface area contributed by atoms with E-state index in [-0.39, 0.29) is 0 Å². The summed E-state index contributed by atoms with van der Waals surface area (Å²) in [4.78, 5) is 0. The van der Waals surface area contributed by atoms with Gasteiger partial charge in [0.15, 0.2) is 5.82 Å². The molecule has 21 heavy (non-hydrogen) atoms. The molecule has 0 saturated carbocycles. The van der Waals surface area contributed by atoms with Crippen molar-refractivity contribution in [2.24, 2.45) is 0 Å². The van der Waals surface area contributed by atoms with Crippen LogP contribution < -0.4 is 5.73 Å². The molecule has 1 aromatic carbocycles. The predicted octanol–water partition coefficient (Wildman–Crippen LogP) is 3.53. The molecule has 5 nitrogen and oxygen atoms in total. The lowest BCUT2D eigenvalue weighted by Gasteiger charge is -2.05. The summed E-state index contributed by atoms with van der Waals surface area (Å²) in [5, 5.41) is 13.7. The van der Waals surface area contributed by atoms with Crippen LogP contribution >= 0.6 is 23.2 Å². The highest BCUT2D eigenvalue weighted by atomic mass is 35.5. The van der Waals surface area contributed by atoms with E-state index in [1.807, 2.05) is 13.0 Å². The lowest BCUT2D eigenvalue weighted by atomic mass is 10.1. The van der Waals surface area contributed by atoms with Crippen molar-refractivity contribution in [1.82, 2.24) is 20.0 Å². The minimum absolute atomic E-state index is 0.513.